The van der Waals surface area contributed by atoms with Gasteiger partial charge in [-0.2, -0.15) is 0 Å². The standard InChI is InChI=1S/C72H47N3Si/c1-4-20-51(21-5-1)76(52-22-6-2-7-23-52,53-24-8-3-9-25-53)54-40-36-48(37-41-54)73-69-45-43-62-57-28-11-10-26-55(57)56-27-12-13-32-61(56)71(62)72(69)63-42-38-50(47-70(63)73)75-67-35-19-16-31-60(67)64-46-49(39-44-68(64)75)74-65-33-17-14-29-58(65)59-30-15-18-34-66(59)74/h1-47H/i14D,15D,16D,17D,18D,19D,29D,30D,31D,33D,34D,35D,39D,44D,46D. The topological polar surface area (TPSA) is 14.8 Å². The number of rotatable bonds is 7. The molecule has 0 atom stereocenters. The van der Waals surface area contributed by atoms with Gasteiger partial charge < -0.3 is 13.7 Å². The lowest BCUT2D eigenvalue weighted by molar-refractivity contribution is 1.15. The zero-order valence-corrected chi connectivity index (χ0v) is 41.3. The Morgan fingerprint density at radius 3 is 1.22 bits per heavy atom. The molecular formula is C72H47N3Si. The van der Waals surface area contributed by atoms with Crippen molar-refractivity contribution in [3.8, 4) is 17.1 Å². The summed E-state index contributed by atoms with van der Waals surface area (Å²) in [6.07, 6.45) is 0. The zero-order valence-electron chi connectivity index (χ0n) is 55.3. The highest BCUT2D eigenvalue weighted by atomic mass is 28.3. The van der Waals surface area contributed by atoms with E-state index in [0.717, 1.165) is 64.0 Å². The van der Waals surface area contributed by atoms with Gasteiger partial charge in [-0.15, -0.1) is 0 Å². The Morgan fingerprint density at radius 2 is 0.658 bits per heavy atom. The number of para-hydroxylation sites is 3. The average molecular weight is 997 g/mol. The largest absolute Gasteiger partial charge is 0.309 e. The zero-order chi connectivity index (χ0) is 63.0. The number of nitrogens with zero attached hydrogens (tertiary/aromatic N) is 3. The van der Waals surface area contributed by atoms with Crippen LogP contribution in [0.4, 0.5) is 0 Å². The first kappa shape index (κ1) is 30.5. The first-order valence-corrected chi connectivity index (χ1v) is 27.1. The van der Waals surface area contributed by atoms with Crippen molar-refractivity contribution in [2.75, 3.05) is 0 Å². The first-order chi connectivity index (χ1) is 44.0. The summed E-state index contributed by atoms with van der Waals surface area (Å²) >= 11 is 0. The molecule has 0 aliphatic carbocycles. The predicted molar refractivity (Wildman–Crippen MR) is 326 cm³/mol. The molecule has 0 spiro atoms. The maximum atomic E-state index is 10.3. The Balaban J connectivity index is 1.03. The first-order valence-electron chi connectivity index (χ1n) is 32.6. The minimum atomic E-state index is -3.00. The number of benzene rings is 13. The molecule has 0 saturated heterocycles. The molecule has 3 nitrogen and oxygen atoms in total. The minimum Gasteiger partial charge on any atom is -0.309 e. The monoisotopic (exact) mass is 996 g/mol. The van der Waals surface area contributed by atoms with E-state index in [-0.39, 0.29) is 43.6 Å². The van der Waals surface area contributed by atoms with Gasteiger partial charge in [0.15, 0.2) is 8.07 Å². The highest BCUT2D eigenvalue weighted by Crippen LogP contribution is 2.45. The molecule has 0 radical (unpaired) electrons. The minimum absolute atomic E-state index is 0.107. The normalized spacial score (nSPS) is 15.0. The Morgan fingerprint density at radius 1 is 0.250 bits per heavy atom. The van der Waals surface area contributed by atoms with E-state index in [0.29, 0.717) is 11.2 Å². The van der Waals surface area contributed by atoms with Gasteiger partial charge in [0, 0.05) is 54.8 Å². The van der Waals surface area contributed by atoms with Crippen LogP contribution in [-0.2, 0) is 0 Å². The lowest BCUT2D eigenvalue weighted by Crippen LogP contribution is -2.74. The van der Waals surface area contributed by atoms with Crippen LogP contribution in [0.2, 0.25) is 0 Å². The van der Waals surface area contributed by atoms with Crippen molar-refractivity contribution in [2.45, 2.75) is 0 Å². The molecule has 0 N–H and O–H groups in total. The summed E-state index contributed by atoms with van der Waals surface area (Å²) in [4.78, 5) is 0. The molecule has 0 bridgehead atoms. The average Bonchev–Trinajstić information content (AvgIpc) is 1.56. The Bertz CT molecular complexity index is 5680. The van der Waals surface area contributed by atoms with Crippen molar-refractivity contribution in [3.63, 3.8) is 0 Å². The van der Waals surface area contributed by atoms with Gasteiger partial charge >= 0.3 is 0 Å². The second-order valence-electron chi connectivity index (χ2n) is 19.2. The van der Waals surface area contributed by atoms with E-state index in [9.17, 15) is 9.60 Å². The summed E-state index contributed by atoms with van der Waals surface area (Å²) in [7, 11) is -3.00. The predicted octanol–water partition coefficient (Wildman–Crippen LogP) is 15.8. The molecule has 4 heteroatoms. The summed E-state index contributed by atoms with van der Waals surface area (Å²) in [5.74, 6) is 0. The maximum absolute atomic E-state index is 10.3. The third-order valence-corrected chi connectivity index (χ3v) is 20.3. The molecule has 16 aromatic rings. The van der Waals surface area contributed by atoms with Gasteiger partial charge in [0.25, 0.3) is 0 Å². The molecule has 0 aliphatic heterocycles. The second kappa shape index (κ2) is 16.6. The van der Waals surface area contributed by atoms with Crippen LogP contribution in [0.1, 0.15) is 20.6 Å². The van der Waals surface area contributed by atoms with Crippen LogP contribution in [0.3, 0.4) is 0 Å². The summed E-state index contributed by atoms with van der Waals surface area (Å²) in [6.45, 7) is 0. The molecule has 0 fully saturated rings. The van der Waals surface area contributed by atoms with Crippen molar-refractivity contribution in [3.05, 3.63) is 285 Å². The van der Waals surface area contributed by atoms with Crippen LogP contribution in [0, 0.1) is 0 Å². The maximum Gasteiger partial charge on any atom is 0.179 e. The molecular weight excluding hydrogens is 935 g/mol. The number of fused-ring (bicyclic) bond motifs is 16. The van der Waals surface area contributed by atoms with Crippen molar-refractivity contribution < 1.29 is 20.6 Å². The smallest absolute Gasteiger partial charge is 0.179 e. The van der Waals surface area contributed by atoms with Crippen LogP contribution in [0.25, 0.3) is 115 Å². The van der Waals surface area contributed by atoms with Crippen LogP contribution >= 0.6 is 0 Å². The molecule has 0 aliphatic rings. The Hall–Kier alpha value is -9.74. The molecule has 354 valence electrons. The number of aromatic nitrogens is 3. The van der Waals surface area contributed by atoms with Gasteiger partial charge in [0.1, 0.15) is 0 Å². The van der Waals surface area contributed by atoms with E-state index in [4.69, 9.17) is 11.0 Å². The van der Waals surface area contributed by atoms with Gasteiger partial charge in [-0.05, 0) is 114 Å². The van der Waals surface area contributed by atoms with Crippen molar-refractivity contribution in [1.29, 1.82) is 0 Å². The van der Waals surface area contributed by atoms with Crippen LogP contribution in [-0.4, -0.2) is 21.8 Å². The molecule has 13 aromatic carbocycles. The van der Waals surface area contributed by atoms with Crippen molar-refractivity contribution in [1.82, 2.24) is 13.7 Å². The molecule has 3 aromatic heterocycles. The van der Waals surface area contributed by atoms with E-state index in [2.05, 4.69) is 138 Å². The highest BCUT2D eigenvalue weighted by Gasteiger charge is 2.41. The van der Waals surface area contributed by atoms with Crippen molar-refractivity contribution in [2.24, 2.45) is 0 Å². The molecule has 3 heterocycles. The highest BCUT2D eigenvalue weighted by molar-refractivity contribution is 7.19. The van der Waals surface area contributed by atoms with Crippen LogP contribution in [0.15, 0.2) is 285 Å². The molecule has 0 unspecified atom stereocenters. The molecule has 0 amide bonds. The Kier molecular flexibility index (Phi) is 6.67. The van der Waals surface area contributed by atoms with Gasteiger partial charge in [-0.1, -0.05) is 218 Å². The third-order valence-electron chi connectivity index (χ3n) is 15.5. The van der Waals surface area contributed by atoms with E-state index < -0.39 is 104 Å². The lowest BCUT2D eigenvalue weighted by atomic mass is 9.92. The van der Waals surface area contributed by atoms with E-state index in [1.54, 1.807) is 0 Å². The quantitative estimate of drug-likeness (QED) is 0.0859. The summed E-state index contributed by atoms with van der Waals surface area (Å²) in [6, 6.07) is 58.0. The SMILES string of the molecule is [2H]c1c([2H])c([2H])c2c(c1[2H])c1c([2H])c(-n3c4c([2H])c([2H])c([2H])c([2H])c4c4c([2H])c([2H])c([2H])c([2H])c43)c([2H])c([2H])c1n2-c1ccc2c3c4c5ccccc5c5ccccc5c4ccc3n(-c3ccc([Si](c4ccccc4)(c4ccccc4)c4ccccc4)cc3)c2c1. The Labute approximate surface area is 461 Å². The van der Waals surface area contributed by atoms with Crippen LogP contribution in [0.5, 0.6) is 0 Å². The summed E-state index contributed by atoms with van der Waals surface area (Å²) in [5, 5.41) is 12.0. The fraction of sp³-hybridized carbons (Fsp3) is 0. The van der Waals surface area contributed by atoms with Crippen molar-refractivity contribution >= 4 is 127 Å². The van der Waals surface area contributed by atoms with E-state index >= 15 is 0 Å². The lowest BCUT2D eigenvalue weighted by Gasteiger charge is -2.34. The van der Waals surface area contributed by atoms with Gasteiger partial charge in [0.05, 0.1) is 53.7 Å². The fourth-order valence-corrected chi connectivity index (χ4v) is 17.1. The molecule has 16 rings (SSSR count). The fourth-order valence-electron chi connectivity index (χ4n) is 12.4. The van der Waals surface area contributed by atoms with Gasteiger partial charge in [-0.25, -0.2) is 0 Å². The van der Waals surface area contributed by atoms with Crippen LogP contribution < -0.4 is 20.7 Å². The molecule has 0 saturated carbocycles. The van der Waals surface area contributed by atoms with E-state index in [1.165, 1.54) is 20.1 Å². The van der Waals surface area contributed by atoms with Gasteiger partial charge in [-0.3, -0.25) is 0 Å². The summed E-state index contributed by atoms with van der Waals surface area (Å²) in [5.41, 5.74) is 1.20. The number of hydrogen-bond acceptors (Lipinski definition) is 0. The number of hydrogen-bond donors (Lipinski definition) is 0. The molecule has 76 heavy (non-hydrogen) atoms. The summed E-state index contributed by atoms with van der Waals surface area (Å²) < 4.78 is 144. The second-order valence-corrected chi connectivity index (χ2v) is 23.0. The van der Waals surface area contributed by atoms with Gasteiger partial charge in [0.2, 0.25) is 0 Å². The van der Waals surface area contributed by atoms with E-state index in [1.807, 2.05) is 60.7 Å². The third kappa shape index (κ3) is 6.04.